The van der Waals surface area contributed by atoms with E-state index in [1.165, 1.54) is 0 Å². The van der Waals surface area contributed by atoms with Crippen LogP contribution in [0.25, 0.3) is 22.3 Å². The van der Waals surface area contributed by atoms with Gasteiger partial charge in [-0.1, -0.05) is 29.8 Å². The minimum atomic E-state index is 0.572. The van der Waals surface area contributed by atoms with Gasteiger partial charge in [-0.05, 0) is 12.1 Å². The molecule has 20 heavy (non-hydrogen) atoms. The van der Waals surface area contributed by atoms with Crippen molar-refractivity contribution < 1.29 is 0 Å². The van der Waals surface area contributed by atoms with Gasteiger partial charge in [0.1, 0.15) is 5.15 Å². The van der Waals surface area contributed by atoms with Gasteiger partial charge in [-0.15, -0.1) is 0 Å². The quantitative estimate of drug-likeness (QED) is 0.634. The normalized spacial score (nSPS) is 13.7. The summed E-state index contributed by atoms with van der Waals surface area (Å²) in [6.45, 7) is 0. The summed E-state index contributed by atoms with van der Waals surface area (Å²) in [5.41, 5.74) is 3.98. The zero-order valence-corrected chi connectivity index (χ0v) is 12.1. The molecule has 3 heterocycles. The molecule has 3 aromatic rings. The molecule has 98 valence electrons. The SMILES string of the molecule is Clc1nc(-c2cccc3cccnc23)nc2c1CSC2. The summed E-state index contributed by atoms with van der Waals surface area (Å²) in [4.78, 5) is 13.6. The molecular formula is C15H10ClN3S. The van der Waals surface area contributed by atoms with Gasteiger partial charge < -0.3 is 0 Å². The smallest absolute Gasteiger partial charge is 0.163 e. The van der Waals surface area contributed by atoms with E-state index in [1.807, 2.05) is 42.1 Å². The van der Waals surface area contributed by atoms with Crippen LogP contribution < -0.4 is 0 Å². The van der Waals surface area contributed by atoms with E-state index in [2.05, 4.69) is 15.0 Å². The highest BCUT2D eigenvalue weighted by Gasteiger charge is 2.20. The van der Waals surface area contributed by atoms with Crippen LogP contribution in [-0.2, 0) is 11.5 Å². The van der Waals surface area contributed by atoms with Crippen LogP contribution in [0.2, 0.25) is 5.15 Å². The zero-order chi connectivity index (χ0) is 13.5. The van der Waals surface area contributed by atoms with Gasteiger partial charge in [-0.2, -0.15) is 11.8 Å². The van der Waals surface area contributed by atoms with Crippen LogP contribution in [0.3, 0.4) is 0 Å². The van der Waals surface area contributed by atoms with E-state index in [-0.39, 0.29) is 0 Å². The van der Waals surface area contributed by atoms with E-state index in [1.54, 1.807) is 6.20 Å². The first kappa shape index (κ1) is 12.1. The van der Waals surface area contributed by atoms with Crippen molar-refractivity contribution in [3.63, 3.8) is 0 Å². The molecule has 0 fully saturated rings. The van der Waals surface area contributed by atoms with Gasteiger partial charge in [-0.25, -0.2) is 9.97 Å². The molecule has 0 saturated carbocycles. The van der Waals surface area contributed by atoms with Gasteiger partial charge in [-0.3, -0.25) is 4.98 Å². The molecule has 5 heteroatoms. The molecule has 1 aromatic carbocycles. The molecule has 3 nitrogen and oxygen atoms in total. The van der Waals surface area contributed by atoms with Gasteiger partial charge >= 0.3 is 0 Å². The maximum atomic E-state index is 6.29. The van der Waals surface area contributed by atoms with Gasteiger partial charge in [0.25, 0.3) is 0 Å². The molecule has 0 amide bonds. The van der Waals surface area contributed by atoms with Crippen LogP contribution in [0.15, 0.2) is 36.5 Å². The topological polar surface area (TPSA) is 38.7 Å². The summed E-state index contributed by atoms with van der Waals surface area (Å²) >= 11 is 8.11. The molecule has 0 saturated heterocycles. The van der Waals surface area contributed by atoms with Crippen molar-refractivity contribution in [2.24, 2.45) is 0 Å². The summed E-state index contributed by atoms with van der Waals surface area (Å²) in [5.74, 6) is 2.48. The van der Waals surface area contributed by atoms with Crippen LogP contribution >= 0.6 is 23.4 Å². The number of hydrogen-bond donors (Lipinski definition) is 0. The van der Waals surface area contributed by atoms with Crippen molar-refractivity contribution in [1.82, 2.24) is 15.0 Å². The molecule has 0 unspecified atom stereocenters. The Labute approximate surface area is 125 Å². The van der Waals surface area contributed by atoms with Gasteiger partial charge in [0, 0.05) is 34.2 Å². The Bertz CT molecular complexity index is 814. The average Bonchev–Trinajstić information content (AvgIpc) is 2.95. The minimum absolute atomic E-state index is 0.572. The largest absolute Gasteiger partial charge is 0.255 e. The van der Waals surface area contributed by atoms with Gasteiger partial charge in [0.05, 0.1) is 11.2 Å². The number of hydrogen-bond acceptors (Lipinski definition) is 4. The highest BCUT2D eigenvalue weighted by Crippen LogP contribution is 2.35. The van der Waals surface area contributed by atoms with Crippen molar-refractivity contribution in [2.75, 3.05) is 0 Å². The Hall–Kier alpha value is -1.65. The molecule has 4 rings (SSSR count). The second kappa shape index (κ2) is 4.72. The molecule has 0 radical (unpaired) electrons. The van der Waals surface area contributed by atoms with Crippen LogP contribution in [0.5, 0.6) is 0 Å². The number of aromatic nitrogens is 3. The molecular weight excluding hydrogens is 290 g/mol. The Balaban J connectivity index is 1.98. The van der Waals surface area contributed by atoms with E-state index in [0.29, 0.717) is 11.0 Å². The third kappa shape index (κ3) is 1.87. The second-order valence-corrected chi connectivity index (χ2v) is 5.98. The fourth-order valence-corrected chi connectivity index (χ4v) is 3.79. The summed E-state index contributed by atoms with van der Waals surface area (Å²) in [7, 11) is 0. The Kier molecular flexibility index (Phi) is 2.86. The zero-order valence-electron chi connectivity index (χ0n) is 10.5. The van der Waals surface area contributed by atoms with E-state index in [4.69, 9.17) is 11.6 Å². The first-order chi connectivity index (χ1) is 9.83. The van der Waals surface area contributed by atoms with Crippen molar-refractivity contribution in [3.8, 4) is 11.4 Å². The third-order valence-corrected chi connectivity index (χ3v) is 4.68. The fourth-order valence-electron chi connectivity index (χ4n) is 2.42. The van der Waals surface area contributed by atoms with Crippen molar-refractivity contribution >= 4 is 34.3 Å². The number of thioether (sulfide) groups is 1. The summed E-state index contributed by atoms with van der Waals surface area (Å²) in [6.07, 6.45) is 1.79. The van der Waals surface area contributed by atoms with Crippen molar-refractivity contribution in [2.45, 2.75) is 11.5 Å². The number of nitrogens with zero attached hydrogens (tertiary/aromatic N) is 3. The maximum Gasteiger partial charge on any atom is 0.163 e. The molecule has 1 aliphatic heterocycles. The van der Waals surface area contributed by atoms with Crippen LogP contribution in [-0.4, -0.2) is 15.0 Å². The van der Waals surface area contributed by atoms with E-state index in [0.717, 1.165) is 39.2 Å². The van der Waals surface area contributed by atoms with Crippen LogP contribution in [0.1, 0.15) is 11.3 Å². The molecule has 0 atom stereocenters. The lowest BCUT2D eigenvalue weighted by Gasteiger charge is -2.07. The number of halogens is 1. The van der Waals surface area contributed by atoms with E-state index >= 15 is 0 Å². The average molecular weight is 300 g/mol. The number of benzene rings is 1. The minimum Gasteiger partial charge on any atom is -0.255 e. The number of fused-ring (bicyclic) bond motifs is 2. The lowest BCUT2D eigenvalue weighted by atomic mass is 10.1. The molecule has 0 aliphatic carbocycles. The fraction of sp³-hybridized carbons (Fsp3) is 0.133. The molecule has 0 spiro atoms. The lowest BCUT2D eigenvalue weighted by Crippen LogP contribution is -1.98. The summed E-state index contributed by atoms with van der Waals surface area (Å²) in [6, 6.07) is 10.0. The van der Waals surface area contributed by atoms with E-state index < -0.39 is 0 Å². The predicted octanol–water partition coefficient (Wildman–Crippen LogP) is 4.09. The Morgan fingerprint density at radius 2 is 1.95 bits per heavy atom. The molecule has 2 aromatic heterocycles. The molecule has 1 aliphatic rings. The number of para-hydroxylation sites is 1. The second-order valence-electron chi connectivity index (χ2n) is 4.64. The first-order valence-electron chi connectivity index (χ1n) is 6.30. The predicted molar refractivity (Wildman–Crippen MR) is 82.8 cm³/mol. The maximum absolute atomic E-state index is 6.29. The molecule has 0 N–H and O–H groups in total. The number of pyridine rings is 1. The van der Waals surface area contributed by atoms with Crippen LogP contribution in [0, 0.1) is 0 Å². The first-order valence-corrected chi connectivity index (χ1v) is 7.83. The van der Waals surface area contributed by atoms with Gasteiger partial charge in [0.15, 0.2) is 5.82 Å². The summed E-state index contributed by atoms with van der Waals surface area (Å²) < 4.78 is 0. The lowest BCUT2D eigenvalue weighted by molar-refractivity contribution is 1.07. The highest BCUT2D eigenvalue weighted by atomic mass is 35.5. The Morgan fingerprint density at radius 1 is 1.05 bits per heavy atom. The molecule has 0 bridgehead atoms. The standard InChI is InChI=1S/C15H10ClN3S/c16-14-11-7-20-8-12(11)18-15(19-14)10-5-1-3-9-4-2-6-17-13(9)10/h1-6H,7-8H2. The van der Waals surface area contributed by atoms with Gasteiger partial charge in [0.2, 0.25) is 0 Å². The van der Waals surface area contributed by atoms with E-state index in [9.17, 15) is 0 Å². The van der Waals surface area contributed by atoms with Crippen molar-refractivity contribution in [3.05, 3.63) is 52.9 Å². The van der Waals surface area contributed by atoms with Crippen LogP contribution in [0.4, 0.5) is 0 Å². The third-order valence-electron chi connectivity index (χ3n) is 3.40. The highest BCUT2D eigenvalue weighted by molar-refractivity contribution is 7.98. The number of rotatable bonds is 1. The Morgan fingerprint density at radius 3 is 2.90 bits per heavy atom. The summed E-state index contributed by atoms with van der Waals surface area (Å²) in [5, 5.41) is 1.66. The van der Waals surface area contributed by atoms with Crippen molar-refractivity contribution in [1.29, 1.82) is 0 Å². The monoisotopic (exact) mass is 299 g/mol.